The summed E-state index contributed by atoms with van der Waals surface area (Å²) in [5.74, 6) is -0.434. The number of halogens is 1. The molecule has 0 aliphatic heterocycles. The molecule has 1 N–H and O–H groups in total. The van der Waals surface area contributed by atoms with Crippen LogP contribution in [0.4, 0.5) is 0 Å². The van der Waals surface area contributed by atoms with Gasteiger partial charge in [-0.25, -0.2) is 9.97 Å². The van der Waals surface area contributed by atoms with Crippen LogP contribution in [-0.4, -0.2) is 30.6 Å². The van der Waals surface area contributed by atoms with E-state index in [1.165, 1.54) is 6.20 Å². The van der Waals surface area contributed by atoms with E-state index >= 15 is 0 Å². The molecule has 0 atom stereocenters. The van der Waals surface area contributed by atoms with E-state index in [-0.39, 0.29) is 6.54 Å². The summed E-state index contributed by atoms with van der Waals surface area (Å²) in [6.07, 6.45) is 4.72. The summed E-state index contributed by atoms with van der Waals surface area (Å²) in [5.41, 5.74) is 1.82. The third-order valence-corrected chi connectivity index (χ3v) is 2.99. The molecule has 3 aromatic heterocycles. The molecule has 6 nitrogen and oxygen atoms in total. The van der Waals surface area contributed by atoms with E-state index in [4.69, 9.17) is 16.7 Å². The maximum absolute atomic E-state index is 11.0. The summed E-state index contributed by atoms with van der Waals surface area (Å²) < 4.78 is 1.54. The largest absolute Gasteiger partial charge is 0.480 e. The number of carboxylic acid groups (broad SMARTS) is 1. The summed E-state index contributed by atoms with van der Waals surface area (Å²) in [7, 11) is 0. The molecule has 3 heterocycles. The van der Waals surface area contributed by atoms with Crippen LogP contribution in [0.3, 0.4) is 0 Å². The highest BCUT2D eigenvalue weighted by Crippen LogP contribution is 2.24. The van der Waals surface area contributed by atoms with Crippen molar-refractivity contribution in [3.8, 4) is 11.4 Å². The summed E-state index contributed by atoms with van der Waals surface area (Å²) in [5, 5.41) is 9.51. The van der Waals surface area contributed by atoms with Gasteiger partial charge in [0.1, 0.15) is 17.9 Å². The van der Waals surface area contributed by atoms with E-state index in [2.05, 4.69) is 15.0 Å². The van der Waals surface area contributed by atoms with Gasteiger partial charge < -0.3 is 5.11 Å². The number of nitrogens with zero attached hydrogens (tertiary/aromatic N) is 4. The quantitative estimate of drug-likeness (QED) is 0.799. The van der Waals surface area contributed by atoms with Crippen molar-refractivity contribution in [2.75, 3.05) is 0 Å². The number of pyridine rings is 2. The van der Waals surface area contributed by atoms with Gasteiger partial charge in [0.05, 0.1) is 5.02 Å². The van der Waals surface area contributed by atoms with E-state index < -0.39 is 5.97 Å². The second-order valence-corrected chi connectivity index (χ2v) is 4.58. The van der Waals surface area contributed by atoms with Crippen LogP contribution in [0.5, 0.6) is 0 Å². The molecule has 0 bridgehead atoms. The van der Waals surface area contributed by atoms with Crippen LogP contribution in [0.1, 0.15) is 0 Å². The third kappa shape index (κ3) is 2.21. The number of carboxylic acids is 1. The van der Waals surface area contributed by atoms with Gasteiger partial charge in [0.2, 0.25) is 0 Å². The molecule has 0 aromatic carbocycles. The van der Waals surface area contributed by atoms with Crippen LogP contribution < -0.4 is 0 Å². The first-order valence-electron chi connectivity index (χ1n) is 5.79. The maximum Gasteiger partial charge on any atom is 0.323 e. The predicted octanol–water partition coefficient (Wildman–Crippen LogP) is 2.23. The number of imidazole rings is 1. The third-order valence-electron chi connectivity index (χ3n) is 2.78. The molecular formula is C13H9ClN4O2. The lowest BCUT2D eigenvalue weighted by atomic mass is 10.2. The molecule has 3 aromatic rings. The SMILES string of the molecule is O=C(O)Cn1c(-c2ccncc2)nc2cc(Cl)cnc21. The van der Waals surface area contributed by atoms with Crippen LogP contribution in [0.25, 0.3) is 22.6 Å². The van der Waals surface area contributed by atoms with Gasteiger partial charge in [-0.15, -0.1) is 0 Å². The van der Waals surface area contributed by atoms with Gasteiger partial charge in [0, 0.05) is 24.2 Å². The normalized spacial score (nSPS) is 10.8. The molecule has 0 unspecified atom stereocenters. The fourth-order valence-electron chi connectivity index (χ4n) is 1.99. The van der Waals surface area contributed by atoms with E-state index in [0.717, 1.165) is 5.56 Å². The molecule has 7 heteroatoms. The number of fused-ring (bicyclic) bond motifs is 1. The average Bonchev–Trinajstić information content (AvgIpc) is 2.77. The summed E-state index contributed by atoms with van der Waals surface area (Å²) in [4.78, 5) is 23.6. The van der Waals surface area contributed by atoms with Gasteiger partial charge >= 0.3 is 5.97 Å². The highest BCUT2D eigenvalue weighted by atomic mass is 35.5. The first-order valence-corrected chi connectivity index (χ1v) is 6.17. The van der Waals surface area contributed by atoms with Crippen LogP contribution in [-0.2, 0) is 11.3 Å². The van der Waals surface area contributed by atoms with Gasteiger partial charge in [-0.2, -0.15) is 0 Å². The van der Waals surface area contributed by atoms with Crippen molar-refractivity contribution < 1.29 is 9.90 Å². The monoisotopic (exact) mass is 288 g/mol. The lowest BCUT2D eigenvalue weighted by Gasteiger charge is -2.05. The lowest BCUT2D eigenvalue weighted by Crippen LogP contribution is -2.10. The number of rotatable bonds is 3. The Labute approximate surface area is 118 Å². The predicted molar refractivity (Wildman–Crippen MR) is 73.4 cm³/mol. The van der Waals surface area contributed by atoms with E-state index in [1.807, 2.05) is 0 Å². The Kier molecular flexibility index (Phi) is 3.08. The standard InChI is InChI=1S/C13H9ClN4O2/c14-9-5-10-13(16-6-9)18(7-11(19)20)12(17-10)8-1-3-15-4-2-8/h1-6H,7H2,(H,19,20). The molecule has 0 radical (unpaired) electrons. The number of aliphatic carboxylic acids is 1. The first-order chi connectivity index (χ1) is 9.65. The van der Waals surface area contributed by atoms with Crippen LogP contribution in [0.2, 0.25) is 5.02 Å². The second-order valence-electron chi connectivity index (χ2n) is 4.15. The molecule has 0 fully saturated rings. The Hall–Kier alpha value is -2.47. The molecule has 0 spiro atoms. The molecule has 0 aliphatic rings. The Balaban J connectivity index is 2.27. The number of carbonyl (C=O) groups is 1. The van der Waals surface area contributed by atoms with Crippen LogP contribution in [0.15, 0.2) is 36.8 Å². The van der Waals surface area contributed by atoms with Gasteiger partial charge in [0.25, 0.3) is 0 Å². The Bertz CT molecular complexity index is 786. The van der Waals surface area contributed by atoms with Gasteiger partial charge in [0.15, 0.2) is 5.65 Å². The zero-order valence-corrected chi connectivity index (χ0v) is 10.9. The van der Waals surface area contributed by atoms with Crippen molar-refractivity contribution in [1.29, 1.82) is 0 Å². The van der Waals surface area contributed by atoms with Crippen molar-refractivity contribution in [2.45, 2.75) is 6.54 Å². The summed E-state index contributed by atoms with van der Waals surface area (Å²) >= 11 is 5.89. The van der Waals surface area contributed by atoms with Crippen molar-refractivity contribution in [2.24, 2.45) is 0 Å². The average molecular weight is 289 g/mol. The molecule has 0 saturated heterocycles. The minimum Gasteiger partial charge on any atom is -0.480 e. The van der Waals surface area contributed by atoms with Crippen molar-refractivity contribution >= 4 is 28.7 Å². The minimum absolute atomic E-state index is 0.219. The van der Waals surface area contributed by atoms with Crippen molar-refractivity contribution in [3.05, 3.63) is 41.8 Å². The molecule has 0 amide bonds. The molecule has 3 rings (SSSR count). The van der Waals surface area contributed by atoms with E-state index in [0.29, 0.717) is 22.0 Å². The van der Waals surface area contributed by atoms with Crippen LogP contribution in [0, 0.1) is 0 Å². The molecule has 0 saturated carbocycles. The number of hydrogen-bond acceptors (Lipinski definition) is 4. The highest BCUT2D eigenvalue weighted by molar-refractivity contribution is 6.31. The van der Waals surface area contributed by atoms with E-state index in [1.54, 1.807) is 35.2 Å². The Morgan fingerprint density at radius 1 is 1.35 bits per heavy atom. The van der Waals surface area contributed by atoms with Crippen LogP contribution >= 0.6 is 11.6 Å². The molecule has 0 aliphatic carbocycles. The zero-order valence-electron chi connectivity index (χ0n) is 10.2. The molecular weight excluding hydrogens is 280 g/mol. The fraction of sp³-hybridized carbons (Fsp3) is 0.0769. The Morgan fingerprint density at radius 2 is 2.10 bits per heavy atom. The minimum atomic E-state index is -0.962. The zero-order chi connectivity index (χ0) is 14.1. The summed E-state index contributed by atoms with van der Waals surface area (Å²) in [6.45, 7) is -0.219. The summed E-state index contributed by atoms with van der Waals surface area (Å²) in [6, 6.07) is 5.19. The lowest BCUT2D eigenvalue weighted by molar-refractivity contribution is -0.137. The van der Waals surface area contributed by atoms with Crippen molar-refractivity contribution in [1.82, 2.24) is 19.5 Å². The molecule has 20 heavy (non-hydrogen) atoms. The second kappa shape index (κ2) is 4.90. The van der Waals surface area contributed by atoms with Gasteiger partial charge in [-0.1, -0.05) is 11.6 Å². The topological polar surface area (TPSA) is 80.9 Å². The molecule has 100 valence electrons. The maximum atomic E-state index is 11.0. The van der Waals surface area contributed by atoms with Gasteiger partial charge in [-0.3, -0.25) is 14.3 Å². The smallest absolute Gasteiger partial charge is 0.323 e. The van der Waals surface area contributed by atoms with Gasteiger partial charge in [-0.05, 0) is 18.2 Å². The van der Waals surface area contributed by atoms with Crippen molar-refractivity contribution in [3.63, 3.8) is 0 Å². The fourth-order valence-corrected chi connectivity index (χ4v) is 2.14. The number of aromatic nitrogens is 4. The number of hydrogen-bond donors (Lipinski definition) is 1. The first kappa shape index (κ1) is 12.6. The van der Waals surface area contributed by atoms with E-state index in [9.17, 15) is 4.79 Å². The Morgan fingerprint density at radius 3 is 2.80 bits per heavy atom. The highest BCUT2D eigenvalue weighted by Gasteiger charge is 2.16.